The van der Waals surface area contributed by atoms with Crippen LogP contribution in [-0.2, 0) is 6.54 Å². The Balaban J connectivity index is 2.19. The Morgan fingerprint density at radius 1 is 1.21 bits per heavy atom. The molecule has 0 amide bonds. The number of nitrogens with zero attached hydrogens (tertiary/aromatic N) is 3. The summed E-state index contributed by atoms with van der Waals surface area (Å²) < 4.78 is 1.62. The monoisotopic (exact) mass is 187 g/mol. The Kier molecular flexibility index (Phi) is 2.36. The molecule has 14 heavy (non-hydrogen) atoms. The molecule has 0 saturated heterocycles. The van der Waals surface area contributed by atoms with Crippen LogP contribution in [0, 0.1) is 0 Å². The lowest BCUT2D eigenvalue weighted by Crippen LogP contribution is -2.13. The highest BCUT2D eigenvalue weighted by Gasteiger charge is 1.93. The van der Waals surface area contributed by atoms with Crippen LogP contribution >= 0.6 is 0 Å². The zero-order chi connectivity index (χ0) is 9.80. The first-order valence-electron chi connectivity index (χ1n) is 4.27. The molecule has 0 unspecified atom stereocenters. The minimum Gasteiger partial charge on any atom is -0.266 e. The van der Waals surface area contributed by atoms with Crippen molar-refractivity contribution >= 4 is 0 Å². The van der Waals surface area contributed by atoms with Crippen LogP contribution in [0.15, 0.2) is 47.7 Å². The Hall–Kier alpha value is -1.97. The normalized spacial score (nSPS) is 10.0. The summed E-state index contributed by atoms with van der Waals surface area (Å²) in [6.45, 7) is 0.633. The van der Waals surface area contributed by atoms with Crippen molar-refractivity contribution in [3.05, 3.63) is 58.8 Å². The Morgan fingerprint density at radius 3 is 2.64 bits per heavy atom. The van der Waals surface area contributed by atoms with Gasteiger partial charge in [-0.25, -0.2) is 4.68 Å². The maximum absolute atomic E-state index is 10.7. The van der Waals surface area contributed by atoms with E-state index in [1.54, 1.807) is 4.68 Å². The van der Waals surface area contributed by atoms with Crippen molar-refractivity contribution in [3.63, 3.8) is 0 Å². The fourth-order valence-corrected chi connectivity index (χ4v) is 1.16. The number of rotatable bonds is 2. The molecular weight excluding hydrogens is 178 g/mol. The molecule has 2 aromatic rings. The highest BCUT2D eigenvalue weighted by Crippen LogP contribution is 1.99. The van der Waals surface area contributed by atoms with E-state index in [4.69, 9.17) is 0 Å². The van der Waals surface area contributed by atoms with Crippen LogP contribution < -0.4 is 5.56 Å². The quantitative estimate of drug-likeness (QED) is 0.694. The lowest BCUT2D eigenvalue weighted by Gasteiger charge is -2.02. The zero-order valence-corrected chi connectivity index (χ0v) is 7.50. The summed E-state index contributed by atoms with van der Waals surface area (Å²) in [5, 5.41) is 3.92. The molecule has 1 heterocycles. The van der Waals surface area contributed by atoms with Crippen LogP contribution in [0.2, 0.25) is 0 Å². The predicted molar refractivity (Wildman–Crippen MR) is 51.8 cm³/mol. The topological polar surface area (TPSA) is 47.8 Å². The van der Waals surface area contributed by atoms with Gasteiger partial charge in [-0.1, -0.05) is 30.3 Å². The van der Waals surface area contributed by atoms with Crippen LogP contribution in [-0.4, -0.2) is 14.8 Å². The van der Waals surface area contributed by atoms with Crippen LogP contribution in [0.1, 0.15) is 5.56 Å². The molecular formula is C10H9N3O. The highest BCUT2D eigenvalue weighted by molar-refractivity contribution is 5.14. The largest absolute Gasteiger partial charge is 0.291 e. The first-order chi connectivity index (χ1) is 6.84. The molecule has 70 valence electrons. The van der Waals surface area contributed by atoms with Gasteiger partial charge in [-0.2, -0.15) is 10.1 Å². The van der Waals surface area contributed by atoms with Crippen LogP contribution in [0.4, 0.5) is 0 Å². The minimum absolute atomic E-state index is 0.311. The van der Waals surface area contributed by atoms with Crippen molar-refractivity contribution in [3.8, 4) is 0 Å². The molecule has 4 heteroatoms. The molecule has 0 radical (unpaired) electrons. The summed E-state index contributed by atoms with van der Waals surface area (Å²) in [5.74, 6) is 0. The van der Waals surface area contributed by atoms with Crippen molar-refractivity contribution in [2.75, 3.05) is 0 Å². The summed E-state index contributed by atoms with van der Waals surface area (Å²) in [5.41, 5.74) is 0.819. The Bertz CT molecular complexity index is 444. The smallest absolute Gasteiger partial charge is 0.266 e. The van der Waals surface area contributed by atoms with Gasteiger partial charge in [-0.15, -0.1) is 0 Å². The SMILES string of the molecule is O=c1cnn(Cc2ccccc2)cn1. The van der Waals surface area contributed by atoms with Crippen molar-refractivity contribution in [1.82, 2.24) is 14.8 Å². The van der Waals surface area contributed by atoms with Crippen molar-refractivity contribution < 1.29 is 0 Å². The molecule has 0 bridgehead atoms. The molecule has 4 nitrogen and oxygen atoms in total. The molecule has 1 aromatic carbocycles. The van der Waals surface area contributed by atoms with Crippen LogP contribution in [0.3, 0.4) is 0 Å². The van der Waals surface area contributed by atoms with E-state index in [1.807, 2.05) is 30.3 Å². The second-order valence-corrected chi connectivity index (χ2v) is 2.91. The average molecular weight is 187 g/mol. The van der Waals surface area contributed by atoms with Gasteiger partial charge in [-0.05, 0) is 5.56 Å². The average Bonchev–Trinajstić information content (AvgIpc) is 2.23. The van der Waals surface area contributed by atoms with Gasteiger partial charge < -0.3 is 0 Å². The summed E-state index contributed by atoms with van der Waals surface area (Å²) in [6, 6.07) is 9.89. The van der Waals surface area contributed by atoms with E-state index in [0.717, 1.165) is 5.56 Å². The zero-order valence-electron chi connectivity index (χ0n) is 7.50. The van der Waals surface area contributed by atoms with E-state index >= 15 is 0 Å². The van der Waals surface area contributed by atoms with Crippen molar-refractivity contribution in [1.29, 1.82) is 0 Å². The summed E-state index contributed by atoms with van der Waals surface area (Å²) in [6.07, 6.45) is 2.65. The summed E-state index contributed by atoms with van der Waals surface area (Å²) in [7, 11) is 0. The van der Waals surface area contributed by atoms with Crippen molar-refractivity contribution in [2.24, 2.45) is 0 Å². The van der Waals surface area contributed by atoms with Gasteiger partial charge in [0.1, 0.15) is 12.5 Å². The number of benzene rings is 1. The molecule has 0 fully saturated rings. The van der Waals surface area contributed by atoms with Gasteiger partial charge in [0.25, 0.3) is 5.56 Å². The fourth-order valence-electron chi connectivity index (χ4n) is 1.16. The van der Waals surface area contributed by atoms with Gasteiger partial charge >= 0.3 is 0 Å². The standard InChI is InChI=1S/C10H9N3O/c14-10-6-12-13(8-11-10)7-9-4-2-1-3-5-9/h1-6,8H,7H2. The van der Waals surface area contributed by atoms with Gasteiger partial charge in [0.2, 0.25) is 0 Å². The van der Waals surface area contributed by atoms with Crippen molar-refractivity contribution in [2.45, 2.75) is 6.54 Å². The molecule has 0 aliphatic rings. The van der Waals surface area contributed by atoms with Gasteiger partial charge in [0.05, 0.1) is 6.54 Å². The highest BCUT2D eigenvalue weighted by atomic mass is 16.1. The number of hydrogen-bond acceptors (Lipinski definition) is 3. The fraction of sp³-hybridized carbons (Fsp3) is 0.100. The predicted octanol–water partition coefficient (Wildman–Crippen LogP) is 0.687. The number of aromatic nitrogens is 3. The Labute approximate surface area is 80.9 Å². The second kappa shape index (κ2) is 3.83. The lowest BCUT2D eigenvalue weighted by atomic mass is 10.2. The molecule has 1 aromatic heterocycles. The minimum atomic E-state index is -0.311. The van der Waals surface area contributed by atoms with E-state index < -0.39 is 0 Å². The maximum atomic E-state index is 10.7. The summed E-state index contributed by atoms with van der Waals surface area (Å²) >= 11 is 0. The van der Waals surface area contributed by atoms with Crippen LogP contribution in [0.25, 0.3) is 0 Å². The first-order valence-corrected chi connectivity index (χ1v) is 4.27. The third-order valence-electron chi connectivity index (χ3n) is 1.82. The summed E-state index contributed by atoms with van der Waals surface area (Å²) in [4.78, 5) is 14.3. The lowest BCUT2D eigenvalue weighted by molar-refractivity contribution is 0.639. The molecule has 0 aliphatic carbocycles. The van der Waals surface area contributed by atoms with E-state index in [-0.39, 0.29) is 5.56 Å². The van der Waals surface area contributed by atoms with E-state index in [0.29, 0.717) is 6.54 Å². The van der Waals surface area contributed by atoms with Gasteiger partial charge in [0.15, 0.2) is 0 Å². The van der Waals surface area contributed by atoms with Gasteiger partial charge in [-0.3, -0.25) is 4.79 Å². The molecule has 0 N–H and O–H groups in total. The van der Waals surface area contributed by atoms with E-state index in [9.17, 15) is 4.79 Å². The van der Waals surface area contributed by atoms with Gasteiger partial charge in [0, 0.05) is 0 Å². The Morgan fingerprint density at radius 2 is 2.00 bits per heavy atom. The molecule has 0 atom stereocenters. The third-order valence-corrected chi connectivity index (χ3v) is 1.82. The molecule has 0 spiro atoms. The van der Waals surface area contributed by atoms with E-state index in [1.165, 1.54) is 12.5 Å². The third kappa shape index (κ3) is 2.04. The molecule has 0 aliphatic heterocycles. The second-order valence-electron chi connectivity index (χ2n) is 2.91. The molecule has 0 saturated carbocycles. The maximum Gasteiger partial charge on any atom is 0.291 e. The van der Waals surface area contributed by atoms with Crippen LogP contribution in [0.5, 0.6) is 0 Å². The first kappa shape index (κ1) is 8.62. The number of hydrogen-bond donors (Lipinski definition) is 0. The van der Waals surface area contributed by atoms with E-state index in [2.05, 4.69) is 10.1 Å². The molecule has 2 rings (SSSR count).